The molecule has 1 aromatic rings. The Balaban J connectivity index is 2.01. The molecule has 1 fully saturated rings. The highest BCUT2D eigenvalue weighted by Gasteiger charge is 2.27. The molecule has 1 unspecified atom stereocenters. The van der Waals surface area contributed by atoms with Gasteiger partial charge in [0.05, 0.1) is 17.1 Å². The Hall–Kier alpha value is -1.36. The third-order valence-corrected chi connectivity index (χ3v) is 3.22. The molecule has 0 aliphatic heterocycles. The summed E-state index contributed by atoms with van der Waals surface area (Å²) in [6.07, 6.45) is 2.57. The van der Waals surface area contributed by atoms with Crippen LogP contribution >= 0.6 is 11.6 Å². The second kappa shape index (κ2) is 4.87. The van der Waals surface area contributed by atoms with Gasteiger partial charge in [-0.1, -0.05) is 18.5 Å². The fourth-order valence-electron chi connectivity index (χ4n) is 1.78. The third kappa shape index (κ3) is 3.30. The van der Waals surface area contributed by atoms with Crippen molar-refractivity contribution in [2.75, 3.05) is 11.9 Å². The molecule has 0 amide bonds. The molecule has 17 heavy (non-hydrogen) atoms. The summed E-state index contributed by atoms with van der Waals surface area (Å²) in [4.78, 5) is 14.2. The van der Waals surface area contributed by atoms with E-state index >= 15 is 0 Å². The minimum Gasteiger partial charge on any atom is -0.370 e. The molecule has 0 bridgehead atoms. The van der Waals surface area contributed by atoms with Crippen molar-refractivity contribution >= 4 is 23.1 Å². The average Bonchev–Trinajstić information content (AvgIpc) is 3.08. The van der Waals surface area contributed by atoms with Crippen LogP contribution in [0.1, 0.15) is 19.8 Å². The Bertz CT molecular complexity index is 435. The number of nitro groups is 1. The van der Waals surface area contributed by atoms with E-state index in [1.165, 1.54) is 25.0 Å². The van der Waals surface area contributed by atoms with Gasteiger partial charge in [0.1, 0.15) is 11.0 Å². The lowest BCUT2D eigenvalue weighted by molar-refractivity contribution is -0.384. The highest BCUT2D eigenvalue weighted by atomic mass is 35.5. The van der Waals surface area contributed by atoms with Gasteiger partial charge in [0.25, 0.3) is 5.69 Å². The van der Waals surface area contributed by atoms with Gasteiger partial charge in [-0.2, -0.15) is 0 Å². The molecule has 1 atom stereocenters. The molecule has 6 heteroatoms. The topological polar surface area (TPSA) is 68.1 Å². The van der Waals surface area contributed by atoms with Crippen molar-refractivity contribution in [2.24, 2.45) is 11.8 Å². The first kappa shape index (κ1) is 12.1. The van der Waals surface area contributed by atoms with Crippen LogP contribution in [-0.4, -0.2) is 16.5 Å². The van der Waals surface area contributed by atoms with Crippen LogP contribution in [0.3, 0.4) is 0 Å². The van der Waals surface area contributed by atoms with E-state index in [1.807, 2.05) is 0 Å². The van der Waals surface area contributed by atoms with E-state index in [9.17, 15) is 10.1 Å². The number of hydrogen-bond donors (Lipinski definition) is 1. The summed E-state index contributed by atoms with van der Waals surface area (Å²) < 4.78 is 0. The lowest BCUT2D eigenvalue weighted by atomic mass is 10.1. The lowest BCUT2D eigenvalue weighted by Crippen LogP contribution is -2.13. The van der Waals surface area contributed by atoms with Crippen molar-refractivity contribution in [3.63, 3.8) is 0 Å². The predicted octanol–water partition coefficient (Wildman–Crippen LogP) is 3.10. The standard InChI is InChI=1S/C11H14ClN3O2/c1-7(8-2-3-8)6-13-11-5-9(15(16)17)4-10(12)14-11/h4-5,7-8H,2-3,6H2,1H3,(H,13,14). The number of pyridine rings is 1. The fraction of sp³-hybridized carbons (Fsp3) is 0.545. The molecule has 1 aromatic heterocycles. The smallest absolute Gasteiger partial charge is 0.276 e. The highest BCUT2D eigenvalue weighted by molar-refractivity contribution is 6.29. The van der Waals surface area contributed by atoms with Crippen LogP contribution in [0.2, 0.25) is 5.15 Å². The molecule has 1 heterocycles. The number of aromatic nitrogens is 1. The zero-order valence-electron chi connectivity index (χ0n) is 9.52. The van der Waals surface area contributed by atoms with Gasteiger partial charge in [-0.15, -0.1) is 0 Å². The van der Waals surface area contributed by atoms with Crippen LogP contribution in [0.25, 0.3) is 0 Å². The maximum Gasteiger partial charge on any atom is 0.276 e. The van der Waals surface area contributed by atoms with Crippen molar-refractivity contribution in [2.45, 2.75) is 19.8 Å². The Kier molecular flexibility index (Phi) is 3.47. The summed E-state index contributed by atoms with van der Waals surface area (Å²) >= 11 is 5.73. The van der Waals surface area contributed by atoms with Crippen LogP contribution in [0.4, 0.5) is 11.5 Å². The molecule has 0 saturated heterocycles. The second-order valence-corrected chi connectivity index (χ2v) is 4.87. The predicted molar refractivity (Wildman–Crippen MR) is 66.3 cm³/mol. The molecule has 0 aromatic carbocycles. The molecule has 5 nitrogen and oxygen atoms in total. The third-order valence-electron chi connectivity index (χ3n) is 3.02. The minimum absolute atomic E-state index is 0.0356. The van der Waals surface area contributed by atoms with Crippen molar-refractivity contribution in [1.82, 2.24) is 4.98 Å². The van der Waals surface area contributed by atoms with Crippen LogP contribution < -0.4 is 5.32 Å². The van der Waals surface area contributed by atoms with Crippen molar-refractivity contribution in [1.29, 1.82) is 0 Å². The summed E-state index contributed by atoms with van der Waals surface area (Å²) in [5.41, 5.74) is -0.0356. The van der Waals surface area contributed by atoms with Gasteiger partial charge in [0.2, 0.25) is 0 Å². The zero-order chi connectivity index (χ0) is 12.4. The quantitative estimate of drug-likeness (QED) is 0.499. The first-order chi connectivity index (χ1) is 8.06. The van der Waals surface area contributed by atoms with E-state index in [2.05, 4.69) is 17.2 Å². The molecule has 0 spiro atoms. The van der Waals surface area contributed by atoms with Gasteiger partial charge in [0.15, 0.2) is 0 Å². The van der Waals surface area contributed by atoms with Crippen LogP contribution in [0, 0.1) is 22.0 Å². The van der Waals surface area contributed by atoms with Gasteiger partial charge < -0.3 is 5.32 Å². The molecule has 1 N–H and O–H groups in total. The van der Waals surface area contributed by atoms with Gasteiger partial charge in [-0.3, -0.25) is 10.1 Å². The highest BCUT2D eigenvalue weighted by Crippen LogP contribution is 2.36. The largest absolute Gasteiger partial charge is 0.370 e. The first-order valence-corrected chi connectivity index (χ1v) is 6.00. The second-order valence-electron chi connectivity index (χ2n) is 4.49. The Labute approximate surface area is 104 Å². The lowest BCUT2D eigenvalue weighted by Gasteiger charge is -2.11. The minimum atomic E-state index is -0.469. The van der Waals surface area contributed by atoms with Crippen molar-refractivity contribution < 1.29 is 4.92 Å². The first-order valence-electron chi connectivity index (χ1n) is 5.62. The normalized spacial score (nSPS) is 16.6. The monoisotopic (exact) mass is 255 g/mol. The average molecular weight is 256 g/mol. The van der Waals surface area contributed by atoms with Gasteiger partial charge in [-0.25, -0.2) is 4.98 Å². The van der Waals surface area contributed by atoms with Crippen molar-refractivity contribution in [3.05, 3.63) is 27.4 Å². The maximum absolute atomic E-state index is 10.7. The van der Waals surface area contributed by atoms with Crippen LogP contribution in [0.15, 0.2) is 12.1 Å². The number of rotatable bonds is 5. The summed E-state index contributed by atoms with van der Waals surface area (Å²) in [6.45, 7) is 2.94. The van der Waals surface area contributed by atoms with Gasteiger partial charge in [0, 0.05) is 6.54 Å². The molecule has 0 radical (unpaired) electrons. The number of nitrogens with one attached hydrogen (secondary N) is 1. The molecule has 2 rings (SSSR count). The Morgan fingerprint density at radius 3 is 2.94 bits per heavy atom. The fourth-order valence-corrected chi connectivity index (χ4v) is 1.98. The van der Waals surface area contributed by atoms with Gasteiger partial charge in [-0.05, 0) is 24.7 Å². The molecule has 1 aliphatic carbocycles. The van der Waals surface area contributed by atoms with Crippen molar-refractivity contribution in [3.8, 4) is 0 Å². The Morgan fingerprint density at radius 2 is 2.35 bits per heavy atom. The summed E-state index contributed by atoms with van der Waals surface area (Å²) in [5, 5.41) is 13.9. The number of nitrogens with zero attached hydrogens (tertiary/aromatic N) is 2. The van der Waals surface area contributed by atoms with E-state index in [-0.39, 0.29) is 10.8 Å². The molecule has 1 saturated carbocycles. The van der Waals surface area contributed by atoms with E-state index in [1.54, 1.807) is 0 Å². The van der Waals surface area contributed by atoms with Gasteiger partial charge >= 0.3 is 0 Å². The molecule has 92 valence electrons. The SMILES string of the molecule is CC(CNc1cc([N+](=O)[O-])cc(Cl)n1)C1CC1. The molecular weight excluding hydrogens is 242 g/mol. The zero-order valence-corrected chi connectivity index (χ0v) is 10.3. The summed E-state index contributed by atoms with van der Waals surface area (Å²) in [7, 11) is 0. The number of halogens is 1. The van der Waals surface area contributed by atoms with E-state index in [0.717, 1.165) is 12.5 Å². The van der Waals surface area contributed by atoms with E-state index < -0.39 is 4.92 Å². The van der Waals surface area contributed by atoms with E-state index in [0.29, 0.717) is 11.7 Å². The number of anilines is 1. The number of hydrogen-bond acceptors (Lipinski definition) is 4. The van der Waals surface area contributed by atoms with E-state index in [4.69, 9.17) is 11.6 Å². The molecule has 1 aliphatic rings. The van der Waals surface area contributed by atoms with Crippen LogP contribution in [0.5, 0.6) is 0 Å². The molecular formula is C11H14ClN3O2. The van der Waals surface area contributed by atoms with Crippen LogP contribution in [-0.2, 0) is 0 Å². The summed E-state index contributed by atoms with van der Waals surface area (Å²) in [6, 6.07) is 2.66. The maximum atomic E-state index is 10.7. The summed E-state index contributed by atoms with van der Waals surface area (Å²) in [5.74, 6) is 1.82. The Morgan fingerprint density at radius 1 is 1.65 bits per heavy atom.